The zero-order valence-corrected chi connectivity index (χ0v) is 12.7. The molecule has 0 bridgehead atoms. The molecular formula is C15H21N5. The number of aryl methyl sites for hydroxylation is 2. The Balaban J connectivity index is 2.30. The summed E-state index contributed by atoms with van der Waals surface area (Å²) in [6, 6.07) is 1.78. The Hall–Kier alpha value is -1.88. The number of rotatable bonds is 3. The van der Waals surface area contributed by atoms with E-state index in [4.69, 9.17) is 0 Å². The van der Waals surface area contributed by atoms with Crippen molar-refractivity contribution < 1.29 is 0 Å². The van der Waals surface area contributed by atoms with Crippen molar-refractivity contribution in [2.45, 2.75) is 46.7 Å². The maximum Gasteiger partial charge on any atom is 0.198 e. The first-order valence-electron chi connectivity index (χ1n) is 6.73. The summed E-state index contributed by atoms with van der Waals surface area (Å²) in [4.78, 5) is 17.4. The molecule has 0 aliphatic heterocycles. The first kappa shape index (κ1) is 14.5. The van der Waals surface area contributed by atoms with Crippen LogP contribution < -0.4 is 5.32 Å². The summed E-state index contributed by atoms with van der Waals surface area (Å²) in [6.07, 6.45) is 3.40. The van der Waals surface area contributed by atoms with Gasteiger partial charge in [0.25, 0.3) is 0 Å². The summed E-state index contributed by atoms with van der Waals surface area (Å²) >= 11 is 0. The first-order valence-corrected chi connectivity index (χ1v) is 6.73. The predicted molar refractivity (Wildman–Crippen MR) is 79.1 cm³/mol. The molecule has 0 saturated carbocycles. The molecule has 0 atom stereocenters. The fourth-order valence-electron chi connectivity index (χ4n) is 1.86. The molecule has 0 spiro atoms. The van der Waals surface area contributed by atoms with Crippen LogP contribution in [-0.2, 0) is 6.54 Å². The topological polar surface area (TPSA) is 63.6 Å². The molecule has 0 aromatic carbocycles. The first-order chi connectivity index (χ1) is 9.37. The largest absolute Gasteiger partial charge is 0.308 e. The molecule has 20 heavy (non-hydrogen) atoms. The number of hydrogen-bond donors (Lipinski definition) is 1. The molecular weight excluding hydrogens is 250 g/mol. The monoisotopic (exact) mass is 271 g/mol. The Kier molecular flexibility index (Phi) is 4.09. The van der Waals surface area contributed by atoms with Gasteiger partial charge in [0.1, 0.15) is 0 Å². The molecule has 0 unspecified atom stereocenters. The molecule has 0 radical (unpaired) electrons. The van der Waals surface area contributed by atoms with Gasteiger partial charge in [-0.25, -0.2) is 19.9 Å². The van der Waals surface area contributed by atoms with E-state index >= 15 is 0 Å². The minimum Gasteiger partial charge on any atom is -0.308 e. The van der Waals surface area contributed by atoms with Crippen LogP contribution in [0.5, 0.6) is 0 Å². The van der Waals surface area contributed by atoms with Crippen molar-refractivity contribution in [3.63, 3.8) is 0 Å². The van der Waals surface area contributed by atoms with Gasteiger partial charge in [-0.2, -0.15) is 0 Å². The molecule has 0 fully saturated rings. The van der Waals surface area contributed by atoms with Gasteiger partial charge in [0.05, 0.1) is 0 Å². The molecule has 1 N–H and O–H groups in total. The Morgan fingerprint density at radius 3 is 2.00 bits per heavy atom. The van der Waals surface area contributed by atoms with Gasteiger partial charge in [-0.3, -0.25) is 0 Å². The molecule has 0 aliphatic rings. The zero-order chi connectivity index (χ0) is 14.8. The van der Waals surface area contributed by atoms with E-state index in [0.717, 1.165) is 23.5 Å². The highest BCUT2D eigenvalue weighted by atomic mass is 15.0. The Labute approximate surface area is 119 Å². The van der Waals surface area contributed by atoms with Gasteiger partial charge < -0.3 is 5.32 Å². The van der Waals surface area contributed by atoms with Gasteiger partial charge in [0.15, 0.2) is 11.6 Å². The van der Waals surface area contributed by atoms with Crippen LogP contribution in [0.1, 0.15) is 37.7 Å². The van der Waals surface area contributed by atoms with Crippen LogP contribution in [0.3, 0.4) is 0 Å². The van der Waals surface area contributed by atoms with Crippen LogP contribution in [0.4, 0.5) is 0 Å². The standard InChI is InChI=1S/C15H21N5/c1-10-12(9-18-15(3,4)5)11(2)20-14(19-10)13-16-7-6-8-17-13/h6-8,18H,9H2,1-5H3. The van der Waals surface area contributed by atoms with E-state index in [0.29, 0.717) is 11.6 Å². The average molecular weight is 271 g/mol. The zero-order valence-electron chi connectivity index (χ0n) is 12.7. The van der Waals surface area contributed by atoms with E-state index in [1.54, 1.807) is 18.5 Å². The van der Waals surface area contributed by atoms with Crippen molar-refractivity contribution in [3.05, 3.63) is 35.4 Å². The predicted octanol–water partition coefficient (Wildman–Crippen LogP) is 2.44. The van der Waals surface area contributed by atoms with Gasteiger partial charge in [0, 0.05) is 41.4 Å². The van der Waals surface area contributed by atoms with E-state index in [9.17, 15) is 0 Å². The molecule has 2 aromatic heterocycles. The van der Waals surface area contributed by atoms with E-state index in [-0.39, 0.29) is 5.54 Å². The quantitative estimate of drug-likeness (QED) is 0.929. The van der Waals surface area contributed by atoms with Crippen molar-refractivity contribution in [1.82, 2.24) is 25.3 Å². The maximum atomic E-state index is 4.53. The Bertz CT molecular complexity index is 564. The fraction of sp³-hybridized carbons (Fsp3) is 0.467. The van der Waals surface area contributed by atoms with Crippen LogP contribution in [-0.4, -0.2) is 25.5 Å². The lowest BCUT2D eigenvalue weighted by atomic mass is 10.1. The molecule has 2 aromatic rings. The minimum absolute atomic E-state index is 0.0695. The number of hydrogen-bond acceptors (Lipinski definition) is 5. The molecule has 5 nitrogen and oxygen atoms in total. The van der Waals surface area contributed by atoms with Crippen molar-refractivity contribution in [1.29, 1.82) is 0 Å². The van der Waals surface area contributed by atoms with E-state index in [1.165, 1.54) is 0 Å². The molecule has 2 heterocycles. The SMILES string of the molecule is Cc1nc(-c2ncccn2)nc(C)c1CNC(C)(C)C. The minimum atomic E-state index is 0.0695. The summed E-state index contributed by atoms with van der Waals surface area (Å²) in [6.45, 7) is 11.2. The lowest BCUT2D eigenvalue weighted by molar-refractivity contribution is 0.422. The molecule has 0 saturated heterocycles. The Morgan fingerprint density at radius 1 is 0.950 bits per heavy atom. The molecule has 2 rings (SSSR count). The van der Waals surface area contributed by atoms with Gasteiger partial charge in [-0.05, 0) is 40.7 Å². The summed E-state index contributed by atoms with van der Waals surface area (Å²) < 4.78 is 0. The van der Waals surface area contributed by atoms with Gasteiger partial charge in [0.2, 0.25) is 0 Å². The lowest BCUT2D eigenvalue weighted by Gasteiger charge is -2.21. The average Bonchev–Trinajstić information content (AvgIpc) is 2.37. The fourth-order valence-corrected chi connectivity index (χ4v) is 1.86. The molecule has 0 aliphatic carbocycles. The van der Waals surface area contributed by atoms with Crippen LogP contribution in [0.2, 0.25) is 0 Å². The highest BCUT2D eigenvalue weighted by Gasteiger charge is 2.14. The number of nitrogens with zero attached hydrogens (tertiary/aromatic N) is 4. The smallest absolute Gasteiger partial charge is 0.198 e. The van der Waals surface area contributed by atoms with Crippen LogP contribution in [0, 0.1) is 13.8 Å². The second-order valence-corrected chi connectivity index (χ2v) is 5.87. The van der Waals surface area contributed by atoms with Crippen molar-refractivity contribution >= 4 is 0 Å². The second kappa shape index (κ2) is 5.63. The highest BCUT2D eigenvalue weighted by Crippen LogP contribution is 2.16. The Morgan fingerprint density at radius 2 is 1.50 bits per heavy atom. The normalized spacial score (nSPS) is 11.7. The summed E-state index contributed by atoms with van der Waals surface area (Å²) in [5.41, 5.74) is 3.15. The van der Waals surface area contributed by atoms with E-state index in [2.05, 4.69) is 46.0 Å². The van der Waals surface area contributed by atoms with Crippen LogP contribution in [0.25, 0.3) is 11.6 Å². The third-order valence-electron chi connectivity index (χ3n) is 2.98. The molecule has 106 valence electrons. The van der Waals surface area contributed by atoms with Gasteiger partial charge in [-0.15, -0.1) is 0 Å². The van der Waals surface area contributed by atoms with E-state index < -0.39 is 0 Å². The summed E-state index contributed by atoms with van der Waals surface area (Å²) in [5.74, 6) is 1.15. The van der Waals surface area contributed by atoms with Crippen molar-refractivity contribution in [2.24, 2.45) is 0 Å². The number of nitrogens with one attached hydrogen (secondary N) is 1. The summed E-state index contributed by atoms with van der Waals surface area (Å²) in [7, 11) is 0. The van der Waals surface area contributed by atoms with Gasteiger partial charge >= 0.3 is 0 Å². The number of aromatic nitrogens is 4. The van der Waals surface area contributed by atoms with Crippen molar-refractivity contribution in [3.8, 4) is 11.6 Å². The van der Waals surface area contributed by atoms with Gasteiger partial charge in [-0.1, -0.05) is 0 Å². The van der Waals surface area contributed by atoms with Crippen molar-refractivity contribution in [2.75, 3.05) is 0 Å². The van der Waals surface area contributed by atoms with Crippen LogP contribution >= 0.6 is 0 Å². The molecule has 5 heteroatoms. The van der Waals surface area contributed by atoms with Crippen LogP contribution in [0.15, 0.2) is 18.5 Å². The second-order valence-electron chi connectivity index (χ2n) is 5.87. The third-order valence-corrected chi connectivity index (χ3v) is 2.98. The third kappa shape index (κ3) is 3.57. The lowest BCUT2D eigenvalue weighted by Crippen LogP contribution is -2.35. The maximum absolute atomic E-state index is 4.53. The summed E-state index contributed by atoms with van der Waals surface area (Å²) in [5, 5.41) is 3.47. The van der Waals surface area contributed by atoms with E-state index in [1.807, 2.05) is 13.8 Å². The highest BCUT2D eigenvalue weighted by molar-refractivity contribution is 5.44. The molecule has 0 amide bonds.